The predicted molar refractivity (Wildman–Crippen MR) is 83.8 cm³/mol. The monoisotopic (exact) mass is 373 g/mol. The van der Waals surface area contributed by atoms with Gasteiger partial charge in [-0.3, -0.25) is 5.43 Å². The summed E-state index contributed by atoms with van der Waals surface area (Å²) >= 11 is 3.77. The van der Waals surface area contributed by atoms with Crippen LogP contribution >= 0.6 is 33.9 Å². The van der Waals surface area contributed by atoms with Crippen molar-refractivity contribution >= 4 is 45.3 Å². The SMILES string of the molecule is COc1cc(C=NNc2nc(C)cs2)ccc1I. The van der Waals surface area contributed by atoms with Gasteiger partial charge >= 0.3 is 0 Å². The summed E-state index contributed by atoms with van der Waals surface area (Å²) in [5.74, 6) is 0.852. The molecule has 0 radical (unpaired) electrons. The van der Waals surface area contributed by atoms with Crippen molar-refractivity contribution in [2.45, 2.75) is 6.92 Å². The maximum atomic E-state index is 5.25. The molecule has 0 bridgehead atoms. The quantitative estimate of drug-likeness (QED) is 0.507. The van der Waals surface area contributed by atoms with Crippen LogP contribution in [0.5, 0.6) is 5.75 Å². The van der Waals surface area contributed by atoms with E-state index < -0.39 is 0 Å². The number of aryl methyl sites for hydroxylation is 1. The molecule has 6 heteroatoms. The fourth-order valence-corrected chi connectivity index (χ4v) is 2.52. The van der Waals surface area contributed by atoms with Crippen LogP contribution in [0.1, 0.15) is 11.3 Å². The van der Waals surface area contributed by atoms with Gasteiger partial charge in [0.1, 0.15) is 5.75 Å². The van der Waals surface area contributed by atoms with E-state index in [0.717, 1.165) is 25.7 Å². The highest BCUT2D eigenvalue weighted by molar-refractivity contribution is 14.1. The molecule has 0 aliphatic heterocycles. The topological polar surface area (TPSA) is 46.5 Å². The maximum Gasteiger partial charge on any atom is 0.203 e. The molecule has 94 valence electrons. The van der Waals surface area contributed by atoms with Crippen LogP contribution in [0, 0.1) is 10.5 Å². The highest BCUT2D eigenvalue weighted by atomic mass is 127. The standard InChI is InChI=1S/C12H12IN3OS/c1-8-7-18-12(15-8)16-14-6-9-3-4-10(13)11(5-9)17-2/h3-7H,1-2H3,(H,15,16). The number of hydrazone groups is 1. The molecule has 1 aromatic heterocycles. The number of benzene rings is 1. The summed E-state index contributed by atoms with van der Waals surface area (Å²) in [6, 6.07) is 5.93. The average molecular weight is 373 g/mol. The van der Waals surface area contributed by atoms with Crippen molar-refractivity contribution in [3.63, 3.8) is 0 Å². The van der Waals surface area contributed by atoms with E-state index in [1.807, 2.05) is 30.5 Å². The molecule has 0 spiro atoms. The lowest BCUT2D eigenvalue weighted by molar-refractivity contribution is 0.412. The number of aromatic nitrogens is 1. The molecule has 1 heterocycles. The molecule has 4 nitrogen and oxygen atoms in total. The number of nitrogens with zero attached hydrogens (tertiary/aromatic N) is 2. The van der Waals surface area contributed by atoms with Crippen molar-refractivity contribution in [2.24, 2.45) is 5.10 Å². The number of rotatable bonds is 4. The number of thiazole rings is 1. The van der Waals surface area contributed by atoms with Gasteiger partial charge in [0.2, 0.25) is 5.13 Å². The zero-order chi connectivity index (χ0) is 13.0. The van der Waals surface area contributed by atoms with Crippen molar-refractivity contribution in [2.75, 3.05) is 12.5 Å². The first-order chi connectivity index (χ1) is 8.69. The van der Waals surface area contributed by atoms with Crippen LogP contribution < -0.4 is 10.2 Å². The second kappa shape index (κ2) is 6.14. The van der Waals surface area contributed by atoms with Crippen LogP contribution in [-0.4, -0.2) is 18.3 Å². The van der Waals surface area contributed by atoms with Crippen LogP contribution in [0.4, 0.5) is 5.13 Å². The Kier molecular flexibility index (Phi) is 4.54. The van der Waals surface area contributed by atoms with Crippen LogP contribution in [-0.2, 0) is 0 Å². The number of methoxy groups -OCH3 is 1. The van der Waals surface area contributed by atoms with Gasteiger partial charge in [-0.1, -0.05) is 6.07 Å². The van der Waals surface area contributed by atoms with E-state index >= 15 is 0 Å². The maximum absolute atomic E-state index is 5.25. The summed E-state index contributed by atoms with van der Waals surface area (Å²) in [5, 5.41) is 6.92. The van der Waals surface area contributed by atoms with E-state index in [1.165, 1.54) is 11.3 Å². The minimum Gasteiger partial charge on any atom is -0.496 e. The molecule has 18 heavy (non-hydrogen) atoms. The number of hydrogen-bond donors (Lipinski definition) is 1. The Morgan fingerprint density at radius 3 is 3.00 bits per heavy atom. The number of ether oxygens (including phenoxy) is 1. The Bertz CT molecular complexity index is 568. The third-order valence-corrected chi connectivity index (χ3v) is 3.92. The first-order valence-corrected chi connectivity index (χ1v) is 7.19. The molecule has 1 N–H and O–H groups in total. The Hall–Kier alpha value is -1.15. The molecular formula is C12H12IN3OS. The Morgan fingerprint density at radius 1 is 1.50 bits per heavy atom. The number of anilines is 1. The normalized spacial score (nSPS) is 10.8. The lowest BCUT2D eigenvalue weighted by Crippen LogP contribution is -1.92. The number of nitrogens with one attached hydrogen (secondary N) is 1. The van der Waals surface area contributed by atoms with Gasteiger partial charge in [0, 0.05) is 5.38 Å². The highest BCUT2D eigenvalue weighted by Crippen LogP contribution is 2.21. The predicted octanol–water partition coefficient (Wildman–Crippen LogP) is 3.51. The van der Waals surface area contributed by atoms with E-state index in [-0.39, 0.29) is 0 Å². The molecule has 0 atom stereocenters. The van der Waals surface area contributed by atoms with Crippen LogP contribution in [0.15, 0.2) is 28.7 Å². The third kappa shape index (κ3) is 3.42. The van der Waals surface area contributed by atoms with Crippen LogP contribution in [0.3, 0.4) is 0 Å². The molecule has 0 aliphatic rings. The van der Waals surface area contributed by atoms with Gasteiger partial charge in [0.15, 0.2) is 0 Å². The van der Waals surface area contributed by atoms with Gasteiger partial charge in [0.05, 0.1) is 22.6 Å². The van der Waals surface area contributed by atoms with E-state index in [0.29, 0.717) is 0 Å². The van der Waals surface area contributed by atoms with E-state index in [1.54, 1.807) is 13.3 Å². The molecule has 0 aliphatic carbocycles. The molecule has 0 unspecified atom stereocenters. The number of hydrogen-bond acceptors (Lipinski definition) is 5. The Labute approximate surface area is 123 Å². The third-order valence-electron chi connectivity index (χ3n) is 2.17. The highest BCUT2D eigenvalue weighted by Gasteiger charge is 2.00. The second-order valence-corrected chi connectivity index (χ2v) is 5.58. The molecule has 1 aromatic carbocycles. The fraction of sp³-hybridized carbons (Fsp3) is 0.167. The Morgan fingerprint density at radius 2 is 2.33 bits per heavy atom. The molecular weight excluding hydrogens is 361 g/mol. The molecule has 2 aromatic rings. The van der Waals surface area contributed by atoms with Crippen molar-refractivity contribution in [1.29, 1.82) is 0 Å². The molecule has 0 saturated heterocycles. The largest absolute Gasteiger partial charge is 0.496 e. The van der Waals surface area contributed by atoms with Gasteiger partial charge in [-0.2, -0.15) is 5.10 Å². The first-order valence-electron chi connectivity index (χ1n) is 5.24. The number of halogens is 1. The molecule has 0 fully saturated rings. The van der Waals surface area contributed by atoms with Crippen molar-refractivity contribution in [3.8, 4) is 5.75 Å². The van der Waals surface area contributed by atoms with Gasteiger partial charge in [-0.15, -0.1) is 11.3 Å². The van der Waals surface area contributed by atoms with Crippen molar-refractivity contribution in [1.82, 2.24) is 4.98 Å². The summed E-state index contributed by atoms with van der Waals surface area (Å²) in [4.78, 5) is 4.26. The fourth-order valence-electron chi connectivity index (χ4n) is 1.32. The Balaban J connectivity index is 2.04. The summed E-state index contributed by atoms with van der Waals surface area (Å²) < 4.78 is 6.33. The molecule has 0 saturated carbocycles. The van der Waals surface area contributed by atoms with Crippen molar-refractivity contribution in [3.05, 3.63) is 38.4 Å². The van der Waals surface area contributed by atoms with E-state index in [9.17, 15) is 0 Å². The molecule has 0 amide bonds. The zero-order valence-electron chi connectivity index (χ0n) is 9.98. The minimum absolute atomic E-state index is 0.793. The van der Waals surface area contributed by atoms with Gasteiger partial charge < -0.3 is 4.74 Å². The van der Waals surface area contributed by atoms with Gasteiger partial charge in [-0.05, 0) is 47.2 Å². The van der Waals surface area contributed by atoms with Crippen LogP contribution in [0.25, 0.3) is 0 Å². The van der Waals surface area contributed by atoms with E-state index in [2.05, 4.69) is 38.1 Å². The first kappa shape index (κ1) is 13.3. The summed E-state index contributed by atoms with van der Waals surface area (Å²) in [6.45, 7) is 1.95. The second-order valence-electron chi connectivity index (χ2n) is 3.56. The lowest BCUT2D eigenvalue weighted by atomic mass is 10.2. The van der Waals surface area contributed by atoms with E-state index in [4.69, 9.17) is 4.74 Å². The minimum atomic E-state index is 0.793. The van der Waals surface area contributed by atoms with Crippen molar-refractivity contribution < 1.29 is 4.74 Å². The zero-order valence-corrected chi connectivity index (χ0v) is 12.9. The van der Waals surface area contributed by atoms with Gasteiger partial charge in [0.25, 0.3) is 0 Å². The summed E-state index contributed by atoms with van der Waals surface area (Å²) in [6.07, 6.45) is 1.75. The lowest BCUT2D eigenvalue weighted by Gasteiger charge is -2.03. The average Bonchev–Trinajstić information content (AvgIpc) is 2.77. The van der Waals surface area contributed by atoms with Gasteiger partial charge in [-0.25, -0.2) is 4.98 Å². The summed E-state index contributed by atoms with van der Waals surface area (Å²) in [5.41, 5.74) is 4.87. The van der Waals surface area contributed by atoms with Crippen LogP contribution in [0.2, 0.25) is 0 Å². The smallest absolute Gasteiger partial charge is 0.203 e. The summed E-state index contributed by atoms with van der Waals surface area (Å²) in [7, 11) is 1.66. The molecule has 2 rings (SSSR count).